The van der Waals surface area contributed by atoms with Crippen molar-refractivity contribution in [1.82, 2.24) is 4.98 Å². The van der Waals surface area contributed by atoms with Crippen LogP contribution in [0.5, 0.6) is 0 Å². The monoisotopic (exact) mass is 164 g/mol. The highest BCUT2D eigenvalue weighted by molar-refractivity contribution is 5.94. The van der Waals surface area contributed by atoms with Gasteiger partial charge in [-0.15, -0.1) is 0 Å². The molecule has 0 saturated carbocycles. The van der Waals surface area contributed by atoms with Gasteiger partial charge >= 0.3 is 0 Å². The van der Waals surface area contributed by atoms with Gasteiger partial charge in [0.05, 0.1) is 5.56 Å². The molecule has 2 rings (SSSR count). The summed E-state index contributed by atoms with van der Waals surface area (Å²) < 4.78 is 0. The third-order valence-electron chi connectivity index (χ3n) is 2.45. The minimum absolute atomic E-state index is 0.311. The van der Waals surface area contributed by atoms with E-state index in [4.69, 9.17) is 5.73 Å². The second-order valence-corrected chi connectivity index (χ2v) is 3.23. The quantitative estimate of drug-likeness (QED) is 0.639. The molecule has 1 heterocycles. The lowest BCUT2D eigenvalue weighted by Crippen LogP contribution is -2.13. The van der Waals surface area contributed by atoms with Crippen molar-refractivity contribution in [2.24, 2.45) is 5.73 Å². The zero-order valence-electron chi connectivity index (χ0n) is 6.89. The molecule has 1 aliphatic rings. The third-order valence-corrected chi connectivity index (χ3v) is 2.45. The molecule has 3 nitrogen and oxygen atoms in total. The average molecular weight is 164 g/mol. The highest BCUT2D eigenvalue weighted by Crippen LogP contribution is 2.23. The van der Waals surface area contributed by atoms with Gasteiger partial charge in [0.2, 0.25) is 0 Å². The van der Waals surface area contributed by atoms with Crippen LogP contribution < -0.4 is 5.73 Å². The Bertz CT molecular complexity index is 314. The summed E-state index contributed by atoms with van der Waals surface area (Å²) in [4.78, 5) is 14.0. The first-order valence-corrected chi connectivity index (χ1v) is 4.28. The Morgan fingerprint density at radius 3 is 2.92 bits per heavy atom. The molecule has 12 heavy (non-hydrogen) atoms. The van der Waals surface area contributed by atoms with E-state index in [0.717, 1.165) is 18.4 Å². The largest absolute Gasteiger partial charge is 0.366 e. The van der Waals surface area contributed by atoms with Crippen molar-refractivity contribution in [2.45, 2.75) is 25.7 Å². The van der Waals surface area contributed by atoms with Crippen molar-refractivity contribution in [3.05, 3.63) is 23.0 Å². The highest BCUT2D eigenvalue weighted by Gasteiger charge is 2.17. The molecule has 3 heteroatoms. The second-order valence-electron chi connectivity index (χ2n) is 3.23. The predicted octanol–water partition coefficient (Wildman–Crippen LogP) is 0.992. The van der Waals surface area contributed by atoms with E-state index in [9.17, 15) is 4.79 Å². The number of nitrogens with two attached hydrogens (primary N) is 1. The van der Waals surface area contributed by atoms with E-state index in [1.807, 2.05) is 0 Å². The Balaban J connectivity index is 2.44. The Kier molecular flexibility index (Phi) is 1.64. The van der Waals surface area contributed by atoms with E-state index in [-0.39, 0.29) is 5.91 Å². The molecule has 1 aliphatic carbocycles. The van der Waals surface area contributed by atoms with E-state index in [2.05, 4.69) is 4.98 Å². The molecule has 1 aromatic heterocycles. The van der Waals surface area contributed by atoms with Crippen molar-refractivity contribution in [3.8, 4) is 0 Å². The van der Waals surface area contributed by atoms with Gasteiger partial charge in [0.1, 0.15) is 0 Å². The molecule has 0 unspecified atom stereocenters. The van der Waals surface area contributed by atoms with E-state index in [1.165, 1.54) is 18.5 Å². The van der Waals surface area contributed by atoms with Crippen LogP contribution >= 0.6 is 0 Å². The predicted molar refractivity (Wildman–Crippen MR) is 46.0 cm³/mol. The summed E-state index contributed by atoms with van der Waals surface area (Å²) in [5.74, 6) is -0.311. The minimum Gasteiger partial charge on any atom is -0.366 e. The number of H-pyrrole nitrogens is 1. The van der Waals surface area contributed by atoms with Crippen LogP contribution in [0, 0.1) is 0 Å². The average Bonchev–Trinajstić information content (AvgIpc) is 2.47. The molecule has 1 amide bonds. The van der Waals surface area contributed by atoms with Gasteiger partial charge in [-0.05, 0) is 31.2 Å². The smallest absolute Gasteiger partial charge is 0.250 e. The maximum Gasteiger partial charge on any atom is 0.250 e. The Morgan fingerprint density at radius 1 is 1.42 bits per heavy atom. The summed E-state index contributed by atoms with van der Waals surface area (Å²) in [6, 6.07) is 0. The Morgan fingerprint density at radius 2 is 2.17 bits per heavy atom. The fourth-order valence-electron chi connectivity index (χ4n) is 1.83. The van der Waals surface area contributed by atoms with Crippen molar-refractivity contribution in [3.63, 3.8) is 0 Å². The first-order chi connectivity index (χ1) is 5.79. The fraction of sp³-hybridized carbons (Fsp3) is 0.444. The van der Waals surface area contributed by atoms with Crippen LogP contribution in [-0.4, -0.2) is 10.9 Å². The Labute approximate surface area is 71.0 Å². The fourth-order valence-corrected chi connectivity index (χ4v) is 1.83. The maximum atomic E-state index is 10.9. The van der Waals surface area contributed by atoms with Crippen LogP contribution in [0.4, 0.5) is 0 Å². The van der Waals surface area contributed by atoms with Crippen molar-refractivity contribution in [2.75, 3.05) is 0 Å². The number of rotatable bonds is 1. The molecule has 0 atom stereocenters. The normalized spacial score (nSPS) is 15.7. The van der Waals surface area contributed by atoms with Crippen LogP contribution in [0.15, 0.2) is 6.20 Å². The standard InChI is InChI=1S/C9H12N2O/c10-9(12)7-5-11-8-4-2-1-3-6(7)8/h5,11H,1-4H2,(H2,10,12). The van der Waals surface area contributed by atoms with Gasteiger partial charge < -0.3 is 10.7 Å². The van der Waals surface area contributed by atoms with Crippen molar-refractivity contribution < 1.29 is 4.79 Å². The van der Waals surface area contributed by atoms with Crippen molar-refractivity contribution in [1.29, 1.82) is 0 Å². The number of nitrogens with one attached hydrogen (secondary N) is 1. The molecule has 0 bridgehead atoms. The summed E-state index contributed by atoms with van der Waals surface area (Å²) in [6.07, 6.45) is 6.18. The topological polar surface area (TPSA) is 58.9 Å². The molecule has 0 aromatic carbocycles. The number of carbonyl (C=O) groups is 1. The summed E-state index contributed by atoms with van der Waals surface area (Å²) >= 11 is 0. The number of fused-ring (bicyclic) bond motifs is 1. The summed E-state index contributed by atoms with van der Waals surface area (Å²) in [5, 5.41) is 0. The van der Waals surface area contributed by atoms with E-state index in [1.54, 1.807) is 6.20 Å². The summed E-state index contributed by atoms with van der Waals surface area (Å²) in [6.45, 7) is 0. The molecule has 0 radical (unpaired) electrons. The van der Waals surface area contributed by atoms with Gasteiger partial charge in [0.15, 0.2) is 0 Å². The zero-order valence-corrected chi connectivity index (χ0v) is 6.89. The molecule has 0 saturated heterocycles. The van der Waals surface area contributed by atoms with E-state index in [0.29, 0.717) is 5.56 Å². The Hall–Kier alpha value is -1.25. The first-order valence-electron chi connectivity index (χ1n) is 4.28. The molecule has 3 N–H and O–H groups in total. The van der Waals surface area contributed by atoms with Gasteiger partial charge in [0.25, 0.3) is 5.91 Å². The third kappa shape index (κ3) is 1.02. The van der Waals surface area contributed by atoms with Gasteiger partial charge in [-0.1, -0.05) is 0 Å². The number of amides is 1. The first kappa shape index (κ1) is 7.40. The number of hydrogen-bond donors (Lipinski definition) is 2. The molecule has 1 aromatic rings. The molecule has 64 valence electrons. The van der Waals surface area contributed by atoms with Crippen LogP contribution in [-0.2, 0) is 12.8 Å². The van der Waals surface area contributed by atoms with Gasteiger partial charge in [-0.3, -0.25) is 4.79 Å². The zero-order chi connectivity index (χ0) is 8.55. The maximum absolute atomic E-state index is 10.9. The van der Waals surface area contributed by atoms with Crippen LogP contribution in [0.2, 0.25) is 0 Å². The molecular weight excluding hydrogens is 152 g/mol. The number of primary amides is 1. The number of aromatic nitrogens is 1. The van der Waals surface area contributed by atoms with Gasteiger partial charge in [0, 0.05) is 11.9 Å². The molecule has 0 fully saturated rings. The summed E-state index contributed by atoms with van der Waals surface area (Å²) in [5.41, 5.74) is 8.26. The van der Waals surface area contributed by atoms with Crippen LogP contribution in [0.1, 0.15) is 34.5 Å². The lowest BCUT2D eigenvalue weighted by molar-refractivity contribution is 0.0999. The van der Waals surface area contributed by atoms with Crippen molar-refractivity contribution >= 4 is 5.91 Å². The van der Waals surface area contributed by atoms with E-state index < -0.39 is 0 Å². The second kappa shape index (κ2) is 2.66. The summed E-state index contributed by atoms with van der Waals surface area (Å²) in [7, 11) is 0. The number of carbonyl (C=O) groups excluding carboxylic acids is 1. The number of hydrogen-bond acceptors (Lipinski definition) is 1. The minimum atomic E-state index is -0.311. The van der Waals surface area contributed by atoms with Gasteiger partial charge in [-0.25, -0.2) is 0 Å². The lowest BCUT2D eigenvalue weighted by atomic mass is 9.95. The SMILES string of the molecule is NC(=O)c1c[nH]c2c1CCCC2. The van der Waals surface area contributed by atoms with Crippen LogP contribution in [0.25, 0.3) is 0 Å². The van der Waals surface area contributed by atoms with E-state index >= 15 is 0 Å². The van der Waals surface area contributed by atoms with Crippen LogP contribution in [0.3, 0.4) is 0 Å². The van der Waals surface area contributed by atoms with Gasteiger partial charge in [-0.2, -0.15) is 0 Å². The molecular formula is C9H12N2O. The number of aromatic amines is 1. The highest BCUT2D eigenvalue weighted by atomic mass is 16.1. The molecule has 0 aliphatic heterocycles. The lowest BCUT2D eigenvalue weighted by Gasteiger charge is -2.11. The number of aryl methyl sites for hydroxylation is 1. The molecule has 0 spiro atoms.